The van der Waals surface area contributed by atoms with Crippen molar-refractivity contribution >= 4 is 30.1 Å². The van der Waals surface area contributed by atoms with E-state index in [0.717, 1.165) is 10.5 Å². The molecule has 0 radical (unpaired) electrons. The summed E-state index contributed by atoms with van der Waals surface area (Å²) in [6.45, 7) is 2.05. The summed E-state index contributed by atoms with van der Waals surface area (Å²) >= 11 is 1.39. The maximum absolute atomic E-state index is 12.9. The number of benzene rings is 1. The Kier molecular flexibility index (Phi) is 3.76. The van der Waals surface area contributed by atoms with E-state index < -0.39 is 5.97 Å². The topological polar surface area (TPSA) is 39.2 Å². The molecule has 2 rings (SSSR count). The number of carbonyl (C=O) groups is 1. The van der Waals surface area contributed by atoms with Crippen molar-refractivity contribution in [3.8, 4) is 10.4 Å². The van der Waals surface area contributed by atoms with E-state index in [2.05, 4.69) is 4.98 Å². The van der Waals surface area contributed by atoms with Gasteiger partial charge in [-0.2, -0.15) is 0 Å². The molecule has 3 nitrogen and oxygen atoms in total. The fraction of sp³-hybridized carbons (Fsp3) is 0.167. The summed E-state index contributed by atoms with van der Waals surface area (Å²) in [5, 5.41) is 0. The second kappa shape index (κ2) is 5.31. The van der Waals surface area contributed by atoms with Crippen molar-refractivity contribution in [3.05, 3.63) is 35.8 Å². The molecular formula is C12H11BFNO2S. The molecule has 6 heteroatoms. The van der Waals surface area contributed by atoms with Gasteiger partial charge in [-0.15, -0.1) is 11.3 Å². The van der Waals surface area contributed by atoms with Crippen LogP contribution >= 0.6 is 11.3 Å². The molecule has 0 amide bonds. The van der Waals surface area contributed by atoms with Crippen molar-refractivity contribution in [2.75, 3.05) is 6.61 Å². The highest BCUT2D eigenvalue weighted by atomic mass is 32.1. The molecule has 0 saturated heterocycles. The fourth-order valence-electron chi connectivity index (χ4n) is 1.56. The van der Waals surface area contributed by atoms with E-state index in [1.165, 1.54) is 23.5 Å². The van der Waals surface area contributed by atoms with Gasteiger partial charge in [-0.05, 0) is 24.6 Å². The van der Waals surface area contributed by atoms with Crippen LogP contribution in [-0.2, 0) is 4.74 Å². The van der Waals surface area contributed by atoms with Crippen LogP contribution in [-0.4, -0.2) is 25.4 Å². The van der Waals surface area contributed by atoms with Crippen molar-refractivity contribution in [1.82, 2.24) is 4.98 Å². The predicted molar refractivity (Wildman–Crippen MR) is 71.6 cm³/mol. The first kappa shape index (κ1) is 12.8. The summed E-state index contributed by atoms with van der Waals surface area (Å²) in [7, 11) is 1.82. The number of nitrogens with zero attached hydrogens (tertiary/aromatic N) is 1. The summed E-state index contributed by atoms with van der Waals surface area (Å²) in [6.07, 6.45) is 0. The van der Waals surface area contributed by atoms with Gasteiger partial charge in [-0.3, -0.25) is 0 Å². The van der Waals surface area contributed by atoms with E-state index >= 15 is 0 Å². The van der Waals surface area contributed by atoms with Crippen LogP contribution in [0, 0.1) is 5.82 Å². The Morgan fingerprint density at radius 3 is 2.72 bits per heavy atom. The summed E-state index contributed by atoms with van der Waals surface area (Å²) < 4.78 is 17.8. The number of hydrogen-bond acceptors (Lipinski definition) is 4. The van der Waals surface area contributed by atoms with Crippen molar-refractivity contribution in [1.29, 1.82) is 0 Å². The van der Waals surface area contributed by atoms with E-state index in [9.17, 15) is 9.18 Å². The summed E-state index contributed by atoms with van der Waals surface area (Å²) in [4.78, 5) is 17.4. The Morgan fingerprint density at radius 1 is 1.44 bits per heavy atom. The Bertz CT molecular complexity index is 568. The second-order valence-corrected chi connectivity index (χ2v) is 4.84. The zero-order chi connectivity index (χ0) is 13.1. The molecule has 0 atom stereocenters. The van der Waals surface area contributed by atoms with E-state index in [1.807, 2.05) is 7.85 Å². The van der Waals surface area contributed by atoms with Gasteiger partial charge in [0.05, 0.1) is 11.5 Å². The lowest BCUT2D eigenvalue weighted by atomic mass is 10.1. The number of carbonyl (C=O) groups excluding carboxylic acids is 1. The average Bonchev–Trinajstić information content (AvgIpc) is 2.73. The summed E-state index contributed by atoms with van der Waals surface area (Å²) in [5.41, 5.74) is 1.07. The molecule has 1 aromatic heterocycles. The van der Waals surface area contributed by atoms with Gasteiger partial charge in [0, 0.05) is 4.91 Å². The minimum Gasteiger partial charge on any atom is -0.461 e. The fourth-order valence-corrected chi connectivity index (χ4v) is 2.47. The Labute approximate surface area is 109 Å². The van der Waals surface area contributed by atoms with Crippen molar-refractivity contribution in [2.24, 2.45) is 0 Å². The molecule has 0 spiro atoms. The molecule has 0 unspecified atom stereocenters. The predicted octanol–water partition coefficient (Wildman–Crippen LogP) is 1.38. The quantitative estimate of drug-likeness (QED) is 0.620. The molecule has 0 aliphatic heterocycles. The smallest absolute Gasteiger partial charge is 0.358 e. The van der Waals surface area contributed by atoms with Crippen LogP contribution in [0.3, 0.4) is 0 Å². The average molecular weight is 263 g/mol. The SMILES string of the molecule is Bc1nc(C(=O)OCC)c(-c2ccc(F)cc2)s1. The lowest BCUT2D eigenvalue weighted by Crippen LogP contribution is -2.09. The number of aromatic nitrogens is 1. The van der Waals surface area contributed by atoms with E-state index in [1.54, 1.807) is 19.1 Å². The van der Waals surface area contributed by atoms with Crippen LogP contribution in [0.15, 0.2) is 24.3 Å². The molecule has 0 bridgehead atoms. The minimum atomic E-state index is -0.443. The largest absolute Gasteiger partial charge is 0.461 e. The summed E-state index contributed by atoms with van der Waals surface area (Å²) in [5.74, 6) is -0.751. The molecule has 18 heavy (non-hydrogen) atoms. The monoisotopic (exact) mass is 263 g/mol. The highest BCUT2D eigenvalue weighted by Gasteiger charge is 2.19. The maximum Gasteiger partial charge on any atom is 0.358 e. The highest BCUT2D eigenvalue weighted by molar-refractivity contribution is 7.22. The Hall–Kier alpha value is -1.69. The number of halogens is 1. The maximum atomic E-state index is 12.9. The standard InChI is InChI=1S/C12H11BFNO2S/c1-2-17-11(16)9-10(18-12(13)15-9)7-3-5-8(14)6-4-7/h3-6H,2,13H2,1H3. The van der Waals surface area contributed by atoms with Crippen LogP contribution in [0.2, 0.25) is 0 Å². The van der Waals surface area contributed by atoms with Crippen LogP contribution in [0.1, 0.15) is 17.4 Å². The van der Waals surface area contributed by atoms with Gasteiger partial charge < -0.3 is 4.74 Å². The van der Waals surface area contributed by atoms with E-state index in [-0.39, 0.29) is 5.82 Å². The first-order valence-electron chi connectivity index (χ1n) is 5.52. The van der Waals surface area contributed by atoms with Gasteiger partial charge >= 0.3 is 5.97 Å². The third-order valence-corrected chi connectivity index (χ3v) is 3.33. The normalized spacial score (nSPS) is 10.3. The first-order valence-corrected chi connectivity index (χ1v) is 6.34. The molecule has 1 aromatic carbocycles. The first-order chi connectivity index (χ1) is 8.61. The van der Waals surface area contributed by atoms with Crippen LogP contribution in [0.5, 0.6) is 0 Å². The van der Waals surface area contributed by atoms with Gasteiger partial charge in [-0.25, -0.2) is 14.2 Å². The van der Waals surface area contributed by atoms with Gasteiger partial charge in [0.2, 0.25) is 0 Å². The number of rotatable bonds is 3. The van der Waals surface area contributed by atoms with Crippen LogP contribution < -0.4 is 4.91 Å². The van der Waals surface area contributed by atoms with Crippen molar-refractivity contribution < 1.29 is 13.9 Å². The van der Waals surface area contributed by atoms with Crippen molar-refractivity contribution in [2.45, 2.75) is 6.92 Å². The van der Waals surface area contributed by atoms with Crippen LogP contribution in [0.25, 0.3) is 10.4 Å². The zero-order valence-corrected chi connectivity index (χ0v) is 10.9. The van der Waals surface area contributed by atoms with E-state index in [0.29, 0.717) is 17.2 Å². The molecule has 2 aromatic rings. The molecule has 0 N–H and O–H groups in total. The molecule has 1 heterocycles. The van der Waals surface area contributed by atoms with E-state index in [4.69, 9.17) is 4.74 Å². The molecule has 0 aliphatic rings. The van der Waals surface area contributed by atoms with Crippen molar-refractivity contribution in [3.63, 3.8) is 0 Å². The molecular weight excluding hydrogens is 252 g/mol. The number of thiazole rings is 1. The van der Waals surface area contributed by atoms with Gasteiger partial charge in [0.1, 0.15) is 5.82 Å². The van der Waals surface area contributed by atoms with Gasteiger partial charge in [0.25, 0.3) is 0 Å². The number of esters is 1. The second-order valence-electron chi connectivity index (χ2n) is 3.64. The molecule has 0 fully saturated rings. The number of hydrogen-bond donors (Lipinski definition) is 0. The number of ether oxygens (including phenoxy) is 1. The van der Waals surface area contributed by atoms with Crippen LogP contribution in [0.4, 0.5) is 4.39 Å². The molecule has 0 aliphatic carbocycles. The lowest BCUT2D eigenvalue weighted by Gasteiger charge is -2.02. The zero-order valence-electron chi connectivity index (χ0n) is 10.1. The molecule has 92 valence electrons. The summed E-state index contributed by atoms with van der Waals surface area (Å²) in [6, 6.07) is 5.98. The lowest BCUT2D eigenvalue weighted by molar-refractivity contribution is 0.0521. The Morgan fingerprint density at radius 2 is 2.11 bits per heavy atom. The van der Waals surface area contributed by atoms with Gasteiger partial charge in [0.15, 0.2) is 13.5 Å². The minimum absolute atomic E-state index is 0.297. The highest BCUT2D eigenvalue weighted by Crippen LogP contribution is 2.27. The third-order valence-electron chi connectivity index (χ3n) is 2.31. The van der Waals surface area contributed by atoms with Gasteiger partial charge in [-0.1, -0.05) is 12.1 Å². The third kappa shape index (κ3) is 2.59. The Balaban J connectivity index is 2.44. The molecule has 0 saturated carbocycles.